The normalized spacial score (nSPS) is 13.7. The molecule has 2 amide bonds. The van der Waals surface area contributed by atoms with Gasteiger partial charge in [-0.15, -0.1) is 0 Å². The lowest BCUT2D eigenvalue weighted by atomic mass is 10.1. The van der Waals surface area contributed by atoms with Gasteiger partial charge in [0.2, 0.25) is 5.91 Å². The van der Waals surface area contributed by atoms with Crippen molar-refractivity contribution in [3.8, 4) is 5.75 Å². The van der Waals surface area contributed by atoms with E-state index in [9.17, 15) is 23.9 Å². The number of nitrogens with zero attached hydrogens (tertiary/aromatic N) is 1. The summed E-state index contributed by atoms with van der Waals surface area (Å²) in [6, 6.07) is 8.80. The van der Waals surface area contributed by atoms with Gasteiger partial charge in [0.1, 0.15) is 12.3 Å². The van der Waals surface area contributed by atoms with Gasteiger partial charge in [0.25, 0.3) is 5.91 Å². The van der Waals surface area contributed by atoms with E-state index in [0.29, 0.717) is 16.8 Å². The number of phenolic OH excluding ortho intramolecular Hbond substituents is 1. The summed E-state index contributed by atoms with van der Waals surface area (Å²) in [7, 11) is 1.49. The molecule has 0 aliphatic carbocycles. The van der Waals surface area contributed by atoms with E-state index >= 15 is 0 Å². The molecule has 0 bridgehead atoms. The number of rotatable bonds is 8. The van der Waals surface area contributed by atoms with E-state index in [1.165, 1.54) is 18.0 Å². The van der Waals surface area contributed by atoms with Crippen LogP contribution in [-0.2, 0) is 22.7 Å². The first-order chi connectivity index (χ1) is 14.0. The first-order valence-electron chi connectivity index (χ1n) is 9.26. The molecule has 1 atom stereocenters. The first kappa shape index (κ1) is 20.3. The average Bonchev–Trinajstić information content (AvgIpc) is 3.06. The maximum atomic E-state index is 14.0. The molecule has 0 spiro atoms. The van der Waals surface area contributed by atoms with Gasteiger partial charge in [-0.3, -0.25) is 9.59 Å². The fourth-order valence-electron chi connectivity index (χ4n) is 3.49. The minimum atomic E-state index is -0.749. The summed E-state index contributed by atoms with van der Waals surface area (Å²) < 4.78 is 14.0. The predicted octanol–water partition coefficient (Wildman–Crippen LogP) is 2.19. The molecule has 1 unspecified atom stereocenters. The number of likely N-dealkylation sites (N-methyl/N-ethyl adjacent to an activating group) is 1. The van der Waals surface area contributed by atoms with Gasteiger partial charge in [0, 0.05) is 48.9 Å². The Morgan fingerprint density at radius 3 is 2.79 bits per heavy atom. The van der Waals surface area contributed by atoms with Crippen molar-refractivity contribution < 1.29 is 23.9 Å². The third kappa shape index (κ3) is 4.06. The van der Waals surface area contributed by atoms with Crippen molar-refractivity contribution in [1.29, 1.82) is 0 Å². The number of halogens is 1. The van der Waals surface area contributed by atoms with Crippen molar-refractivity contribution in [2.24, 2.45) is 0 Å². The molecule has 3 rings (SSSR count). The molecule has 2 aromatic carbocycles. The summed E-state index contributed by atoms with van der Waals surface area (Å²) in [6.45, 7) is 0.325. The maximum Gasteiger partial charge on any atom is 0.255 e. The van der Waals surface area contributed by atoms with Crippen LogP contribution < -0.4 is 10.6 Å². The third-order valence-electron chi connectivity index (χ3n) is 5.01. The molecule has 8 heteroatoms. The molecule has 29 heavy (non-hydrogen) atoms. The van der Waals surface area contributed by atoms with Gasteiger partial charge in [-0.1, -0.05) is 18.2 Å². The van der Waals surface area contributed by atoms with E-state index < -0.39 is 17.6 Å². The predicted molar refractivity (Wildman–Crippen MR) is 105 cm³/mol. The Kier molecular flexibility index (Phi) is 6.11. The summed E-state index contributed by atoms with van der Waals surface area (Å²) in [6.07, 6.45) is 1.13. The lowest BCUT2D eigenvalue weighted by Crippen LogP contribution is -2.46. The first-order valence-corrected chi connectivity index (χ1v) is 9.26. The fraction of sp³-hybridized carbons (Fsp3) is 0.286. The molecule has 3 N–H and O–H groups in total. The van der Waals surface area contributed by atoms with Crippen molar-refractivity contribution >= 4 is 23.8 Å². The van der Waals surface area contributed by atoms with E-state index in [1.807, 2.05) is 0 Å². The van der Waals surface area contributed by atoms with Gasteiger partial charge in [-0.2, -0.15) is 0 Å². The van der Waals surface area contributed by atoms with Crippen LogP contribution in [0.4, 0.5) is 10.1 Å². The van der Waals surface area contributed by atoms with Crippen LogP contribution in [0.2, 0.25) is 0 Å². The standard InChI is InChI=1S/C21H22FN3O4/c1-23-20(28)17(8-4-10-26)25-12-15-14(21(25)29)6-3-7-16(15)24-11-13-5-2-9-18(27)19(13)22/h2-3,5-7,9-10,17,24,27H,4,8,11-12H2,1H3,(H,23,28). The minimum Gasteiger partial charge on any atom is -0.505 e. The molecule has 0 fully saturated rings. The molecular weight excluding hydrogens is 377 g/mol. The second-order valence-electron chi connectivity index (χ2n) is 6.74. The number of carbonyl (C=O) groups is 3. The number of hydrogen-bond acceptors (Lipinski definition) is 5. The zero-order valence-electron chi connectivity index (χ0n) is 15.9. The number of anilines is 1. The van der Waals surface area contributed by atoms with Crippen LogP contribution in [0, 0.1) is 5.82 Å². The Hall–Kier alpha value is -3.42. The van der Waals surface area contributed by atoms with Crippen LogP contribution in [0.1, 0.15) is 34.3 Å². The summed E-state index contributed by atoms with van der Waals surface area (Å²) in [5.41, 5.74) is 2.11. The highest BCUT2D eigenvalue weighted by Crippen LogP contribution is 2.32. The van der Waals surface area contributed by atoms with E-state index in [-0.39, 0.29) is 43.3 Å². The van der Waals surface area contributed by atoms with E-state index in [4.69, 9.17) is 0 Å². The minimum absolute atomic E-state index is 0.120. The number of nitrogens with one attached hydrogen (secondary N) is 2. The molecule has 7 nitrogen and oxygen atoms in total. The van der Waals surface area contributed by atoms with Crippen molar-refractivity contribution in [2.75, 3.05) is 12.4 Å². The molecule has 0 saturated carbocycles. The van der Waals surface area contributed by atoms with Crippen molar-refractivity contribution in [1.82, 2.24) is 10.2 Å². The monoisotopic (exact) mass is 399 g/mol. The van der Waals surface area contributed by atoms with Crippen molar-refractivity contribution in [3.63, 3.8) is 0 Å². The molecule has 1 aliphatic heterocycles. The van der Waals surface area contributed by atoms with Gasteiger partial charge >= 0.3 is 0 Å². The van der Waals surface area contributed by atoms with Crippen molar-refractivity contribution in [2.45, 2.75) is 32.0 Å². The number of carbonyl (C=O) groups excluding carboxylic acids is 3. The quantitative estimate of drug-likeness (QED) is 0.591. The summed E-state index contributed by atoms with van der Waals surface area (Å²) >= 11 is 0. The van der Waals surface area contributed by atoms with E-state index in [1.54, 1.807) is 30.3 Å². The number of aromatic hydroxyl groups is 1. The van der Waals surface area contributed by atoms with Gasteiger partial charge in [0.15, 0.2) is 11.6 Å². The molecule has 0 aromatic heterocycles. The van der Waals surface area contributed by atoms with Crippen LogP contribution >= 0.6 is 0 Å². The molecule has 0 saturated heterocycles. The van der Waals surface area contributed by atoms with Crippen molar-refractivity contribution in [3.05, 3.63) is 58.9 Å². The average molecular weight is 399 g/mol. The molecule has 2 aromatic rings. The highest BCUT2D eigenvalue weighted by atomic mass is 19.1. The lowest BCUT2D eigenvalue weighted by Gasteiger charge is -2.25. The topological polar surface area (TPSA) is 98.7 Å². The Morgan fingerprint density at radius 2 is 2.07 bits per heavy atom. The highest BCUT2D eigenvalue weighted by Gasteiger charge is 2.36. The fourth-order valence-corrected chi connectivity index (χ4v) is 3.49. The maximum absolute atomic E-state index is 14.0. The molecule has 1 heterocycles. The zero-order valence-corrected chi connectivity index (χ0v) is 15.9. The number of amides is 2. The molecule has 152 valence electrons. The molecular formula is C21H22FN3O4. The van der Waals surface area contributed by atoms with E-state index in [0.717, 1.165) is 6.29 Å². The van der Waals surface area contributed by atoms with Crippen LogP contribution in [0.3, 0.4) is 0 Å². The van der Waals surface area contributed by atoms with Gasteiger partial charge in [0.05, 0.1) is 0 Å². The summed E-state index contributed by atoms with van der Waals surface area (Å²) in [4.78, 5) is 37.4. The highest BCUT2D eigenvalue weighted by molar-refractivity contribution is 6.02. The molecule has 1 aliphatic rings. The van der Waals surface area contributed by atoms with Gasteiger partial charge < -0.3 is 25.4 Å². The number of fused-ring (bicyclic) bond motifs is 1. The number of phenols is 1. The van der Waals surface area contributed by atoms with Gasteiger partial charge in [-0.05, 0) is 24.6 Å². The Morgan fingerprint density at radius 1 is 1.31 bits per heavy atom. The van der Waals surface area contributed by atoms with E-state index in [2.05, 4.69) is 10.6 Å². The van der Waals surface area contributed by atoms with Crippen LogP contribution in [0.25, 0.3) is 0 Å². The summed E-state index contributed by atoms with van der Waals surface area (Å²) in [5, 5.41) is 15.2. The molecule has 0 radical (unpaired) electrons. The largest absolute Gasteiger partial charge is 0.505 e. The smallest absolute Gasteiger partial charge is 0.255 e. The number of hydrogen-bond donors (Lipinski definition) is 3. The number of aldehydes is 1. The Bertz CT molecular complexity index is 948. The number of benzene rings is 2. The lowest BCUT2D eigenvalue weighted by molar-refractivity contribution is -0.125. The van der Waals surface area contributed by atoms with Crippen LogP contribution in [-0.4, -0.2) is 41.2 Å². The zero-order chi connectivity index (χ0) is 21.0. The second-order valence-corrected chi connectivity index (χ2v) is 6.74. The van der Waals surface area contributed by atoms with Crippen LogP contribution in [0.15, 0.2) is 36.4 Å². The third-order valence-corrected chi connectivity index (χ3v) is 5.01. The van der Waals surface area contributed by atoms with Crippen LogP contribution in [0.5, 0.6) is 5.75 Å². The summed E-state index contributed by atoms with van der Waals surface area (Å²) in [5.74, 6) is -1.73. The Balaban J connectivity index is 1.83. The van der Waals surface area contributed by atoms with Gasteiger partial charge in [-0.25, -0.2) is 4.39 Å². The SMILES string of the molecule is CNC(=O)C(CCC=O)N1Cc2c(NCc3cccc(O)c3F)cccc2C1=O. The second kappa shape index (κ2) is 8.72. The Labute approximate surface area is 167 Å².